The van der Waals surface area contributed by atoms with Gasteiger partial charge in [0, 0.05) is 34.9 Å². The van der Waals surface area contributed by atoms with Crippen LogP contribution in [0.4, 0.5) is 5.69 Å². The van der Waals surface area contributed by atoms with Crippen LogP contribution >= 0.6 is 22.6 Å². The molecule has 2 nitrogen and oxygen atoms in total. The fraction of sp³-hybridized carbons (Fsp3) is 0.105. The van der Waals surface area contributed by atoms with Crippen molar-refractivity contribution in [3.8, 4) is 0 Å². The average Bonchev–Trinajstić information content (AvgIpc) is 2.53. The molecule has 1 heterocycles. The minimum absolute atomic E-state index is 1.03. The average molecular weight is 400 g/mol. The summed E-state index contributed by atoms with van der Waals surface area (Å²) in [6.45, 7) is 0. The van der Waals surface area contributed by atoms with Crippen LogP contribution in [0.2, 0.25) is 0 Å². The van der Waals surface area contributed by atoms with Crippen molar-refractivity contribution in [2.75, 3.05) is 19.0 Å². The predicted molar refractivity (Wildman–Crippen MR) is 104 cm³/mol. The van der Waals surface area contributed by atoms with Gasteiger partial charge in [-0.3, -0.25) is 4.98 Å². The minimum Gasteiger partial charge on any atom is -0.378 e. The standard InChI is InChI=1S/C19H17IN2/c1-22(2)17-8-4-14(5-9-17)3-6-15-11-12-21-19-10-7-16(20)13-18(15)19/h3-13H,1-2H3/b6-3+. The number of rotatable bonds is 3. The van der Waals surface area contributed by atoms with E-state index in [0.29, 0.717) is 0 Å². The smallest absolute Gasteiger partial charge is 0.0708 e. The number of nitrogens with zero attached hydrogens (tertiary/aromatic N) is 2. The molecular weight excluding hydrogens is 383 g/mol. The van der Waals surface area contributed by atoms with E-state index in [0.717, 1.165) is 5.52 Å². The second-order valence-electron chi connectivity index (χ2n) is 5.38. The summed E-state index contributed by atoms with van der Waals surface area (Å²) in [4.78, 5) is 6.53. The highest BCUT2D eigenvalue weighted by atomic mass is 127. The largest absolute Gasteiger partial charge is 0.378 e. The zero-order valence-corrected chi connectivity index (χ0v) is 14.8. The highest BCUT2D eigenvalue weighted by molar-refractivity contribution is 14.1. The molecule has 0 fully saturated rings. The van der Waals surface area contributed by atoms with Gasteiger partial charge in [0.15, 0.2) is 0 Å². The lowest BCUT2D eigenvalue weighted by molar-refractivity contribution is 1.13. The molecule has 0 N–H and O–H groups in total. The molecule has 0 radical (unpaired) electrons. The Morgan fingerprint density at radius 3 is 2.45 bits per heavy atom. The Kier molecular flexibility index (Phi) is 4.43. The van der Waals surface area contributed by atoms with Gasteiger partial charge in [-0.2, -0.15) is 0 Å². The van der Waals surface area contributed by atoms with Crippen molar-refractivity contribution < 1.29 is 0 Å². The van der Waals surface area contributed by atoms with Crippen LogP contribution in [0, 0.1) is 3.57 Å². The molecule has 1 aromatic heterocycles. The molecule has 0 bridgehead atoms. The topological polar surface area (TPSA) is 16.1 Å². The number of hydrogen-bond donors (Lipinski definition) is 0. The summed E-state index contributed by atoms with van der Waals surface area (Å²) >= 11 is 2.34. The second kappa shape index (κ2) is 6.48. The predicted octanol–water partition coefficient (Wildman–Crippen LogP) is 5.08. The van der Waals surface area contributed by atoms with E-state index in [1.165, 1.54) is 25.8 Å². The van der Waals surface area contributed by atoms with Crippen molar-refractivity contribution in [2.24, 2.45) is 0 Å². The highest BCUT2D eigenvalue weighted by Crippen LogP contribution is 2.22. The number of anilines is 1. The van der Waals surface area contributed by atoms with Crippen molar-refractivity contribution in [1.82, 2.24) is 4.98 Å². The first kappa shape index (κ1) is 15.0. The normalized spacial score (nSPS) is 11.2. The molecule has 110 valence electrons. The van der Waals surface area contributed by atoms with Crippen LogP contribution in [0.3, 0.4) is 0 Å². The van der Waals surface area contributed by atoms with Gasteiger partial charge >= 0.3 is 0 Å². The van der Waals surface area contributed by atoms with Gasteiger partial charge in [-0.25, -0.2) is 0 Å². The first-order valence-corrected chi connectivity index (χ1v) is 8.21. The highest BCUT2D eigenvalue weighted by Gasteiger charge is 2.00. The molecule has 0 saturated heterocycles. The van der Waals surface area contributed by atoms with Gasteiger partial charge in [0.2, 0.25) is 0 Å². The number of pyridine rings is 1. The van der Waals surface area contributed by atoms with E-state index in [2.05, 4.69) is 107 Å². The van der Waals surface area contributed by atoms with Crippen molar-refractivity contribution in [2.45, 2.75) is 0 Å². The molecule has 0 atom stereocenters. The third kappa shape index (κ3) is 3.30. The molecular formula is C19H17IN2. The maximum atomic E-state index is 4.43. The van der Waals surface area contributed by atoms with E-state index in [9.17, 15) is 0 Å². The zero-order valence-electron chi connectivity index (χ0n) is 12.6. The number of hydrogen-bond acceptors (Lipinski definition) is 2. The Labute approximate surface area is 144 Å². The van der Waals surface area contributed by atoms with E-state index in [-0.39, 0.29) is 0 Å². The molecule has 3 rings (SSSR count). The van der Waals surface area contributed by atoms with E-state index >= 15 is 0 Å². The summed E-state index contributed by atoms with van der Waals surface area (Å²) in [6, 6.07) is 16.9. The summed E-state index contributed by atoms with van der Waals surface area (Å²) in [5, 5.41) is 1.19. The molecule has 0 aliphatic heterocycles. The first-order valence-electron chi connectivity index (χ1n) is 7.13. The molecule has 0 aliphatic rings. The van der Waals surface area contributed by atoms with Crippen molar-refractivity contribution in [3.05, 3.63) is 69.4 Å². The van der Waals surface area contributed by atoms with Crippen LogP contribution in [0.25, 0.3) is 23.1 Å². The van der Waals surface area contributed by atoms with Crippen LogP contribution in [-0.4, -0.2) is 19.1 Å². The zero-order chi connectivity index (χ0) is 15.5. The Hall–Kier alpha value is -1.88. The van der Waals surface area contributed by atoms with E-state index in [1.54, 1.807) is 0 Å². The fourth-order valence-electron chi connectivity index (χ4n) is 2.35. The van der Waals surface area contributed by atoms with E-state index < -0.39 is 0 Å². The third-order valence-electron chi connectivity index (χ3n) is 3.60. The van der Waals surface area contributed by atoms with Gasteiger partial charge in [0.25, 0.3) is 0 Å². The molecule has 2 aromatic carbocycles. The molecule has 22 heavy (non-hydrogen) atoms. The van der Waals surface area contributed by atoms with Crippen LogP contribution in [0.5, 0.6) is 0 Å². The summed E-state index contributed by atoms with van der Waals surface area (Å²) in [5.74, 6) is 0. The van der Waals surface area contributed by atoms with Crippen LogP contribution < -0.4 is 4.90 Å². The van der Waals surface area contributed by atoms with Crippen molar-refractivity contribution >= 4 is 51.3 Å². The fourth-order valence-corrected chi connectivity index (χ4v) is 2.85. The summed E-state index contributed by atoms with van der Waals surface area (Å²) in [6.07, 6.45) is 6.17. The molecule has 3 aromatic rings. The molecule has 0 saturated carbocycles. The van der Waals surface area contributed by atoms with Gasteiger partial charge in [0.05, 0.1) is 5.52 Å². The number of benzene rings is 2. The maximum absolute atomic E-state index is 4.43. The quantitative estimate of drug-likeness (QED) is 0.571. The Bertz CT molecular complexity index is 820. The number of aromatic nitrogens is 1. The lowest BCUT2D eigenvalue weighted by Gasteiger charge is -2.11. The molecule has 0 amide bonds. The van der Waals surface area contributed by atoms with Crippen molar-refractivity contribution in [3.63, 3.8) is 0 Å². The van der Waals surface area contributed by atoms with Crippen molar-refractivity contribution in [1.29, 1.82) is 0 Å². The van der Waals surface area contributed by atoms with Crippen LogP contribution in [0.1, 0.15) is 11.1 Å². The minimum atomic E-state index is 1.03. The van der Waals surface area contributed by atoms with E-state index in [1.807, 2.05) is 6.20 Å². The SMILES string of the molecule is CN(C)c1ccc(/C=C/c2ccnc3ccc(I)cc23)cc1. The Morgan fingerprint density at radius 1 is 0.955 bits per heavy atom. The maximum Gasteiger partial charge on any atom is 0.0708 e. The molecule has 3 heteroatoms. The van der Waals surface area contributed by atoms with Crippen LogP contribution in [-0.2, 0) is 0 Å². The Morgan fingerprint density at radius 2 is 1.73 bits per heavy atom. The van der Waals surface area contributed by atoms with Gasteiger partial charge in [-0.1, -0.05) is 24.3 Å². The first-order chi connectivity index (χ1) is 10.6. The molecule has 0 spiro atoms. The van der Waals surface area contributed by atoms with Crippen LogP contribution in [0.15, 0.2) is 54.7 Å². The Balaban J connectivity index is 1.93. The number of fused-ring (bicyclic) bond motifs is 1. The molecule has 0 unspecified atom stereocenters. The monoisotopic (exact) mass is 400 g/mol. The van der Waals surface area contributed by atoms with Gasteiger partial charge < -0.3 is 4.90 Å². The summed E-state index contributed by atoms with van der Waals surface area (Å²) in [7, 11) is 4.10. The van der Waals surface area contributed by atoms with Gasteiger partial charge in [-0.05, 0) is 70.1 Å². The summed E-state index contributed by atoms with van der Waals surface area (Å²) in [5.41, 5.74) is 4.63. The second-order valence-corrected chi connectivity index (χ2v) is 6.63. The number of halogens is 1. The van der Waals surface area contributed by atoms with E-state index in [4.69, 9.17) is 0 Å². The lowest BCUT2D eigenvalue weighted by Crippen LogP contribution is -2.07. The third-order valence-corrected chi connectivity index (χ3v) is 4.27. The summed E-state index contributed by atoms with van der Waals surface area (Å²) < 4.78 is 1.23. The van der Waals surface area contributed by atoms with Gasteiger partial charge in [-0.15, -0.1) is 0 Å². The van der Waals surface area contributed by atoms with Gasteiger partial charge in [0.1, 0.15) is 0 Å². The lowest BCUT2D eigenvalue weighted by atomic mass is 10.1. The molecule has 0 aliphatic carbocycles.